The van der Waals surface area contributed by atoms with Gasteiger partial charge >= 0.3 is 0 Å². The van der Waals surface area contributed by atoms with E-state index in [4.69, 9.17) is 5.73 Å². The van der Waals surface area contributed by atoms with Gasteiger partial charge in [-0.3, -0.25) is 0 Å². The molecule has 0 spiro atoms. The van der Waals surface area contributed by atoms with Gasteiger partial charge in [0.1, 0.15) is 0 Å². The zero-order valence-corrected chi connectivity index (χ0v) is 11.5. The molecule has 2 aliphatic rings. The molecule has 2 fully saturated rings. The summed E-state index contributed by atoms with van der Waals surface area (Å²) < 4.78 is 0. The highest BCUT2D eigenvalue weighted by Crippen LogP contribution is 2.56. The van der Waals surface area contributed by atoms with Crippen LogP contribution in [-0.2, 0) is 12.8 Å². The predicted octanol–water partition coefficient (Wildman–Crippen LogP) is 3.56. The first-order valence-electron chi connectivity index (χ1n) is 7.53. The summed E-state index contributed by atoms with van der Waals surface area (Å²) in [7, 11) is 0. The van der Waals surface area contributed by atoms with Crippen LogP contribution >= 0.6 is 0 Å². The molecular formula is C17H25N. The highest BCUT2D eigenvalue weighted by atomic mass is 14.7. The molecule has 3 atom stereocenters. The fourth-order valence-electron chi connectivity index (χ4n) is 4.40. The largest absolute Gasteiger partial charge is 0.330 e. The van der Waals surface area contributed by atoms with Gasteiger partial charge in [0, 0.05) is 0 Å². The Morgan fingerprint density at radius 2 is 1.89 bits per heavy atom. The van der Waals surface area contributed by atoms with Gasteiger partial charge in [-0.25, -0.2) is 0 Å². The number of hydrogen-bond acceptors (Lipinski definition) is 1. The molecule has 98 valence electrons. The average molecular weight is 243 g/mol. The molecule has 1 aromatic rings. The van der Waals surface area contributed by atoms with Gasteiger partial charge in [-0.05, 0) is 67.0 Å². The third kappa shape index (κ3) is 1.99. The lowest BCUT2D eigenvalue weighted by Gasteiger charge is -2.37. The topological polar surface area (TPSA) is 26.0 Å². The van der Waals surface area contributed by atoms with Crippen LogP contribution in [0.1, 0.15) is 43.7 Å². The first kappa shape index (κ1) is 12.2. The first-order chi connectivity index (χ1) is 8.75. The molecule has 18 heavy (non-hydrogen) atoms. The van der Waals surface area contributed by atoms with E-state index in [1.807, 2.05) is 0 Å². The molecule has 0 aliphatic heterocycles. The lowest BCUT2D eigenvalue weighted by atomic mass is 9.69. The van der Waals surface area contributed by atoms with Gasteiger partial charge in [0.25, 0.3) is 0 Å². The molecule has 0 heterocycles. The Kier molecular flexibility index (Phi) is 3.19. The Labute approximate surface area is 111 Å². The molecule has 1 heteroatoms. The summed E-state index contributed by atoms with van der Waals surface area (Å²) in [6, 6.07) is 9.21. The number of hydrogen-bond donors (Lipinski definition) is 1. The van der Waals surface area contributed by atoms with Crippen molar-refractivity contribution in [3.8, 4) is 0 Å². The summed E-state index contributed by atoms with van der Waals surface area (Å²) >= 11 is 0. The van der Waals surface area contributed by atoms with E-state index in [1.54, 1.807) is 0 Å². The van der Waals surface area contributed by atoms with Crippen LogP contribution in [0.25, 0.3) is 0 Å². The fourth-order valence-corrected chi connectivity index (χ4v) is 4.40. The predicted molar refractivity (Wildman–Crippen MR) is 76.5 cm³/mol. The number of aryl methyl sites for hydroxylation is 1. The summed E-state index contributed by atoms with van der Waals surface area (Å²) in [5, 5.41) is 0. The minimum atomic E-state index is 0.427. The van der Waals surface area contributed by atoms with Crippen molar-refractivity contribution in [1.29, 1.82) is 0 Å². The van der Waals surface area contributed by atoms with E-state index in [-0.39, 0.29) is 0 Å². The molecule has 2 bridgehead atoms. The molecule has 2 N–H and O–H groups in total. The van der Waals surface area contributed by atoms with E-state index in [0.717, 1.165) is 24.8 Å². The Balaban J connectivity index is 1.77. The van der Waals surface area contributed by atoms with E-state index in [2.05, 4.69) is 31.2 Å². The molecule has 0 radical (unpaired) electrons. The highest BCUT2D eigenvalue weighted by Gasteiger charge is 2.49. The smallest absolute Gasteiger partial charge is 0.00146 e. The SMILES string of the molecule is CCc1ccc(CC2(CN)CC3CCC2C3)cc1. The maximum atomic E-state index is 6.16. The molecule has 0 amide bonds. The van der Waals surface area contributed by atoms with Crippen molar-refractivity contribution >= 4 is 0 Å². The monoisotopic (exact) mass is 243 g/mol. The van der Waals surface area contributed by atoms with Crippen molar-refractivity contribution in [1.82, 2.24) is 0 Å². The second-order valence-electron chi connectivity index (χ2n) is 6.49. The van der Waals surface area contributed by atoms with Gasteiger partial charge in [0.2, 0.25) is 0 Å². The third-order valence-electron chi connectivity index (χ3n) is 5.50. The van der Waals surface area contributed by atoms with Gasteiger partial charge in [0.15, 0.2) is 0 Å². The maximum absolute atomic E-state index is 6.16. The number of fused-ring (bicyclic) bond motifs is 2. The molecule has 3 unspecified atom stereocenters. The summed E-state index contributed by atoms with van der Waals surface area (Å²) in [6.45, 7) is 3.09. The number of rotatable bonds is 4. The second kappa shape index (κ2) is 4.70. The lowest BCUT2D eigenvalue weighted by molar-refractivity contribution is 0.171. The zero-order valence-electron chi connectivity index (χ0n) is 11.5. The molecule has 0 aromatic heterocycles. The number of nitrogens with two attached hydrogens (primary N) is 1. The van der Waals surface area contributed by atoms with E-state index in [9.17, 15) is 0 Å². The van der Waals surface area contributed by atoms with Crippen molar-refractivity contribution < 1.29 is 0 Å². The Morgan fingerprint density at radius 1 is 1.17 bits per heavy atom. The Bertz CT molecular complexity index is 408. The van der Waals surface area contributed by atoms with Crippen LogP contribution in [0.3, 0.4) is 0 Å². The minimum absolute atomic E-state index is 0.427. The van der Waals surface area contributed by atoms with Crippen LogP contribution in [0, 0.1) is 17.3 Å². The van der Waals surface area contributed by atoms with Gasteiger partial charge in [0.05, 0.1) is 0 Å². The van der Waals surface area contributed by atoms with Crippen LogP contribution in [0.5, 0.6) is 0 Å². The average Bonchev–Trinajstić information content (AvgIpc) is 3.00. The number of benzene rings is 1. The van der Waals surface area contributed by atoms with Crippen LogP contribution in [-0.4, -0.2) is 6.54 Å². The molecular weight excluding hydrogens is 218 g/mol. The van der Waals surface area contributed by atoms with Crippen LogP contribution in [0.4, 0.5) is 0 Å². The molecule has 2 aliphatic carbocycles. The standard InChI is InChI=1S/C17H25N/c1-2-13-3-5-14(6-4-13)10-17(12-18)11-15-7-8-16(17)9-15/h3-6,15-16H,2,7-12,18H2,1H3. The lowest BCUT2D eigenvalue weighted by Crippen LogP contribution is -2.37. The second-order valence-corrected chi connectivity index (χ2v) is 6.49. The van der Waals surface area contributed by atoms with Crippen molar-refractivity contribution in [2.45, 2.75) is 45.4 Å². The van der Waals surface area contributed by atoms with Gasteiger partial charge < -0.3 is 5.73 Å². The Hall–Kier alpha value is -0.820. The third-order valence-corrected chi connectivity index (χ3v) is 5.50. The zero-order chi connectivity index (χ0) is 12.6. The van der Waals surface area contributed by atoms with Crippen LogP contribution < -0.4 is 5.73 Å². The van der Waals surface area contributed by atoms with E-state index >= 15 is 0 Å². The van der Waals surface area contributed by atoms with Crippen molar-refractivity contribution in [2.75, 3.05) is 6.54 Å². The van der Waals surface area contributed by atoms with E-state index < -0.39 is 0 Å². The van der Waals surface area contributed by atoms with Crippen LogP contribution in [0.2, 0.25) is 0 Å². The quantitative estimate of drug-likeness (QED) is 0.859. The summed E-state index contributed by atoms with van der Waals surface area (Å²) in [5.74, 6) is 1.88. The normalized spacial score (nSPS) is 34.1. The summed E-state index contributed by atoms with van der Waals surface area (Å²) in [4.78, 5) is 0. The van der Waals surface area contributed by atoms with E-state index in [1.165, 1.54) is 43.2 Å². The minimum Gasteiger partial charge on any atom is -0.330 e. The summed E-state index contributed by atoms with van der Waals surface area (Å²) in [6.07, 6.45) is 8.05. The van der Waals surface area contributed by atoms with Gasteiger partial charge in [-0.2, -0.15) is 0 Å². The first-order valence-corrected chi connectivity index (χ1v) is 7.53. The Morgan fingerprint density at radius 3 is 2.39 bits per heavy atom. The maximum Gasteiger partial charge on any atom is -0.00146 e. The van der Waals surface area contributed by atoms with Crippen molar-refractivity contribution in [2.24, 2.45) is 23.0 Å². The van der Waals surface area contributed by atoms with Gasteiger partial charge in [-0.1, -0.05) is 37.6 Å². The van der Waals surface area contributed by atoms with Gasteiger partial charge in [-0.15, -0.1) is 0 Å². The van der Waals surface area contributed by atoms with Crippen molar-refractivity contribution in [3.63, 3.8) is 0 Å². The molecule has 2 saturated carbocycles. The summed E-state index contributed by atoms with van der Waals surface area (Å²) in [5.41, 5.74) is 9.52. The molecule has 1 nitrogen and oxygen atoms in total. The van der Waals surface area contributed by atoms with Crippen LogP contribution in [0.15, 0.2) is 24.3 Å². The van der Waals surface area contributed by atoms with E-state index in [0.29, 0.717) is 5.41 Å². The van der Waals surface area contributed by atoms with Crippen molar-refractivity contribution in [3.05, 3.63) is 35.4 Å². The molecule has 0 saturated heterocycles. The fraction of sp³-hybridized carbons (Fsp3) is 0.647. The molecule has 1 aromatic carbocycles. The molecule has 3 rings (SSSR count). The highest BCUT2D eigenvalue weighted by molar-refractivity contribution is 5.24.